The summed E-state index contributed by atoms with van der Waals surface area (Å²) >= 11 is 0. The van der Waals surface area contributed by atoms with Gasteiger partial charge in [0, 0.05) is 17.9 Å². The zero-order valence-electron chi connectivity index (χ0n) is 15.9. The Balaban J connectivity index is 2.03. The molecule has 0 aromatic heterocycles. The normalized spacial score (nSPS) is 20.4. The lowest BCUT2D eigenvalue weighted by molar-refractivity contribution is -0.116. The first-order valence-electron chi connectivity index (χ1n) is 9.44. The molecule has 2 heteroatoms. The van der Waals surface area contributed by atoms with Gasteiger partial charge in [-0.25, -0.2) is 0 Å². The summed E-state index contributed by atoms with van der Waals surface area (Å²) in [5.74, 6) is 1.48. The predicted molar refractivity (Wildman–Crippen MR) is 108 cm³/mol. The van der Waals surface area contributed by atoms with Crippen molar-refractivity contribution in [1.29, 1.82) is 0 Å². The molecule has 1 aliphatic carbocycles. The Hall–Kier alpha value is -2.35. The number of hydrogen-bond acceptors (Lipinski definition) is 2. The van der Waals surface area contributed by atoms with E-state index in [1.54, 1.807) is 0 Å². The first-order chi connectivity index (χ1) is 12.5. The van der Waals surface area contributed by atoms with Gasteiger partial charge in [-0.05, 0) is 50.7 Å². The van der Waals surface area contributed by atoms with Crippen LogP contribution < -0.4 is 0 Å². The van der Waals surface area contributed by atoms with Crippen molar-refractivity contribution in [3.63, 3.8) is 0 Å². The smallest absolute Gasteiger partial charge is 0.159 e. The Labute approximate surface area is 157 Å². The van der Waals surface area contributed by atoms with Crippen LogP contribution in [0.5, 0.6) is 0 Å². The average molecular weight is 348 g/mol. The molecule has 3 rings (SSSR count). The monoisotopic (exact) mass is 348 g/mol. The molecule has 0 saturated heterocycles. The molecule has 1 aliphatic heterocycles. The van der Waals surface area contributed by atoms with Crippen molar-refractivity contribution in [2.24, 2.45) is 5.92 Å². The zero-order valence-corrected chi connectivity index (χ0v) is 15.9. The van der Waals surface area contributed by atoms with Gasteiger partial charge < -0.3 is 4.74 Å². The van der Waals surface area contributed by atoms with Crippen molar-refractivity contribution in [3.8, 4) is 0 Å². The Kier molecular flexibility index (Phi) is 5.61. The zero-order chi connectivity index (χ0) is 18.7. The second-order valence-corrected chi connectivity index (χ2v) is 7.46. The maximum atomic E-state index is 12.4. The van der Waals surface area contributed by atoms with Gasteiger partial charge >= 0.3 is 0 Å². The van der Waals surface area contributed by atoms with Gasteiger partial charge in [-0.3, -0.25) is 4.79 Å². The van der Waals surface area contributed by atoms with Crippen LogP contribution in [0.15, 0.2) is 65.8 Å². The van der Waals surface area contributed by atoms with Crippen LogP contribution in [-0.4, -0.2) is 12.4 Å². The molecule has 26 heavy (non-hydrogen) atoms. The average Bonchev–Trinajstić information content (AvgIpc) is 3.02. The van der Waals surface area contributed by atoms with Crippen LogP contribution >= 0.6 is 0 Å². The van der Waals surface area contributed by atoms with Gasteiger partial charge in [-0.2, -0.15) is 0 Å². The molecule has 1 atom stereocenters. The third-order valence-electron chi connectivity index (χ3n) is 5.41. The van der Waals surface area contributed by atoms with E-state index in [2.05, 4.69) is 51.3 Å². The molecule has 2 nitrogen and oxygen atoms in total. The van der Waals surface area contributed by atoms with Crippen molar-refractivity contribution in [3.05, 3.63) is 76.9 Å². The number of benzene rings is 1. The van der Waals surface area contributed by atoms with E-state index in [0.29, 0.717) is 19.4 Å². The minimum absolute atomic E-state index is 0.223. The number of ketones is 1. The third-order valence-corrected chi connectivity index (χ3v) is 5.41. The summed E-state index contributed by atoms with van der Waals surface area (Å²) in [6.07, 6.45) is 5.91. The van der Waals surface area contributed by atoms with Gasteiger partial charge in [0.15, 0.2) is 5.78 Å². The SMILES string of the molecule is C=CCC1=C(CC2=C(c3ccc(C)cc3)OCC2C(=C)C)CCCC1=O. The highest BCUT2D eigenvalue weighted by atomic mass is 16.5. The number of carbonyl (C=O) groups excluding carboxylic acids is 1. The molecule has 1 aromatic carbocycles. The summed E-state index contributed by atoms with van der Waals surface area (Å²) in [5, 5.41) is 0. The van der Waals surface area contributed by atoms with Crippen LogP contribution in [0.25, 0.3) is 5.76 Å². The van der Waals surface area contributed by atoms with Crippen molar-refractivity contribution >= 4 is 11.5 Å². The molecule has 0 spiro atoms. The number of Topliss-reactive ketones (excluding diaryl/α,β-unsaturated/α-hetero) is 1. The van der Waals surface area contributed by atoms with Crippen LogP contribution in [0.2, 0.25) is 0 Å². The molecular weight excluding hydrogens is 320 g/mol. The maximum Gasteiger partial charge on any atom is 0.159 e. The van der Waals surface area contributed by atoms with E-state index in [-0.39, 0.29) is 11.7 Å². The van der Waals surface area contributed by atoms with Gasteiger partial charge in [0.25, 0.3) is 0 Å². The standard InChI is InChI=1S/C24H28O2/c1-5-7-20-19(8-6-9-23(20)25)14-21-22(16(2)3)15-26-24(21)18-12-10-17(4)11-13-18/h5,10-13,22H,1-2,6-9,14-15H2,3-4H3. The second-order valence-electron chi connectivity index (χ2n) is 7.46. The van der Waals surface area contributed by atoms with Crippen LogP contribution in [0.4, 0.5) is 0 Å². The molecule has 2 aliphatic rings. The lowest BCUT2D eigenvalue weighted by Gasteiger charge is -2.21. The molecule has 0 amide bonds. The summed E-state index contributed by atoms with van der Waals surface area (Å²) in [4.78, 5) is 12.4. The fraction of sp³-hybridized carbons (Fsp3) is 0.375. The predicted octanol–water partition coefficient (Wildman–Crippen LogP) is 5.94. The number of aryl methyl sites for hydroxylation is 1. The Bertz CT molecular complexity index is 790. The highest BCUT2D eigenvalue weighted by Crippen LogP contribution is 2.41. The Morgan fingerprint density at radius 2 is 2.00 bits per heavy atom. The molecule has 0 saturated carbocycles. The van der Waals surface area contributed by atoms with Crippen molar-refractivity contribution in [1.82, 2.24) is 0 Å². The minimum Gasteiger partial charge on any atom is -0.492 e. The number of ether oxygens (including phenoxy) is 1. The van der Waals surface area contributed by atoms with Crippen LogP contribution in [0, 0.1) is 12.8 Å². The molecule has 0 radical (unpaired) electrons. The molecule has 136 valence electrons. The molecule has 0 fully saturated rings. The summed E-state index contributed by atoms with van der Waals surface area (Å²) < 4.78 is 6.12. The summed E-state index contributed by atoms with van der Waals surface area (Å²) in [7, 11) is 0. The highest BCUT2D eigenvalue weighted by Gasteiger charge is 2.31. The molecule has 1 heterocycles. The summed E-state index contributed by atoms with van der Waals surface area (Å²) in [6.45, 7) is 12.8. The quantitative estimate of drug-likeness (QED) is 0.594. The number of carbonyl (C=O) groups is 1. The third kappa shape index (κ3) is 3.75. The second kappa shape index (κ2) is 7.90. The number of hydrogen-bond donors (Lipinski definition) is 0. The van der Waals surface area contributed by atoms with E-state index in [1.807, 2.05) is 6.08 Å². The van der Waals surface area contributed by atoms with Gasteiger partial charge in [0.1, 0.15) is 5.76 Å². The number of rotatable bonds is 6. The van der Waals surface area contributed by atoms with Gasteiger partial charge in [-0.1, -0.05) is 53.6 Å². The van der Waals surface area contributed by atoms with Gasteiger partial charge in [0.05, 0.1) is 6.61 Å². The van der Waals surface area contributed by atoms with Gasteiger partial charge in [-0.15, -0.1) is 6.58 Å². The highest BCUT2D eigenvalue weighted by molar-refractivity contribution is 5.97. The van der Waals surface area contributed by atoms with E-state index < -0.39 is 0 Å². The lowest BCUT2D eigenvalue weighted by atomic mass is 9.81. The maximum absolute atomic E-state index is 12.4. The lowest BCUT2D eigenvalue weighted by Crippen LogP contribution is -2.14. The van der Waals surface area contributed by atoms with Crippen molar-refractivity contribution in [2.45, 2.75) is 46.0 Å². The molecule has 1 aromatic rings. The van der Waals surface area contributed by atoms with Crippen molar-refractivity contribution in [2.75, 3.05) is 6.61 Å². The topological polar surface area (TPSA) is 26.3 Å². The van der Waals surface area contributed by atoms with E-state index in [4.69, 9.17) is 4.74 Å². The van der Waals surface area contributed by atoms with Crippen LogP contribution in [0.1, 0.15) is 50.2 Å². The largest absolute Gasteiger partial charge is 0.492 e. The molecular formula is C24H28O2. The number of allylic oxidation sites excluding steroid dienone is 3. The van der Waals surface area contributed by atoms with Crippen LogP contribution in [-0.2, 0) is 9.53 Å². The minimum atomic E-state index is 0.223. The Morgan fingerprint density at radius 3 is 2.65 bits per heavy atom. The van der Waals surface area contributed by atoms with E-state index in [1.165, 1.54) is 16.7 Å². The fourth-order valence-electron chi connectivity index (χ4n) is 3.92. The van der Waals surface area contributed by atoms with Crippen LogP contribution in [0.3, 0.4) is 0 Å². The first kappa shape index (κ1) is 18.4. The van der Waals surface area contributed by atoms with Gasteiger partial charge in [0.2, 0.25) is 0 Å². The fourth-order valence-corrected chi connectivity index (χ4v) is 3.92. The van der Waals surface area contributed by atoms with E-state index >= 15 is 0 Å². The molecule has 0 N–H and O–H groups in total. The van der Waals surface area contributed by atoms with E-state index in [9.17, 15) is 4.79 Å². The van der Waals surface area contributed by atoms with E-state index in [0.717, 1.165) is 41.7 Å². The summed E-state index contributed by atoms with van der Waals surface area (Å²) in [5.41, 5.74) is 6.97. The molecule has 0 bridgehead atoms. The Morgan fingerprint density at radius 1 is 1.27 bits per heavy atom. The summed E-state index contributed by atoms with van der Waals surface area (Å²) in [6, 6.07) is 8.47. The first-order valence-corrected chi connectivity index (χ1v) is 9.44. The van der Waals surface area contributed by atoms with Crippen molar-refractivity contribution < 1.29 is 9.53 Å². The molecule has 1 unspecified atom stereocenters.